The fourth-order valence-electron chi connectivity index (χ4n) is 2.83. The summed E-state index contributed by atoms with van der Waals surface area (Å²) in [6.45, 7) is 1.36. The van der Waals surface area contributed by atoms with Crippen molar-refractivity contribution < 1.29 is 13.2 Å². The monoisotopic (exact) mass is 356 g/mol. The van der Waals surface area contributed by atoms with Gasteiger partial charge in [0.15, 0.2) is 0 Å². The molecule has 2 aromatic rings. The van der Waals surface area contributed by atoms with Gasteiger partial charge in [-0.3, -0.25) is 9.52 Å². The van der Waals surface area contributed by atoms with Crippen molar-refractivity contribution in [3.05, 3.63) is 71.3 Å². The number of hydrogen-bond donors (Lipinski definition) is 1. The molecule has 5 nitrogen and oxygen atoms in total. The highest BCUT2D eigenvalue weighted by Gasteiger charge is 2.18. The maximum absolute atomic E-state index is 12.4. The van der Waals surface area contributed by atoms with Crippen LogP contribution in [0.5, 0.6) is 0 Å². The summed E-state index contributed by atoms with van der Waals surface area (Å²) in [6.07, 6.45) is 5.29. The first-order chi connectivity index (χ1) is 11.9. The van der Waals surface area contributed by atoms with E-state index in [1.807, 2.05) is 17.0 Å². The highest BCUT2D eigenvalue weighted by molar-refractivity contribution is 7.92. The zero-order valence-electron chi connectivity index (χ0n) is 14.0. The SMILES string of the molecule is CS(=O)(=O)Nc1ccc(/C=C/C(=O)N2CCc3ccccc3C2)cc1. The summed E-state index contributed by atoms with van der Waals surface area (Å²) < 4.78 is 24.8. The number of rotatable bonds is 4. The molecule has 3 rings (SSSR count). The van der Waals surface area contributed by atoms with Gasteiger partial charge in [-0.15, -0.1) is 0 Å². The molecule has 0 saturated heterocycles. The normalized spacial score (nSPS) is 14.4. The Kier molecular flexibility index (Phi) is 4.90. The van der Waals surface area contributed by atoms with Gasteiger partial charge in [0, 0.05) is 24.9 Å². The van der Waals surface area contributed by atoms with Crippen LogP contribution in [-0.4, -0.2) is 32.0 Å². The molecule has 2 aromatic carbocycles. The number of carbonyl (C=O) groups excluding carboxylic acids is 1. The molecule has 130 valence electrons. The zero-order chi connectivity index (χ0) is 17.9. The van der Waals surface area contributed by atoms with Gasteiger partial charge in [0.1, 0.15) is 0 Å². The smallest absolute Gasteiger partial charge is 0.246 e. The molecule has 1 aliphatic rings. The van der Waals surface area contributed by atoms with Gasteiger partial charge in [-0.05, 0) is 41.3 Å². The fraction of sp³-hybridized carbons (Fsp3) is 0.211. The Hall–Kier alpha value is -2.60. The van der Waals surface area contributed by atoms with Crippen molar-refractivity contribution in [1.82, 2.24) is 4.90 Å². The standard InChI is InChI=1S/C19H20N2O3S/c1-25(23,24)20-18-9-6-15(7-10-18)8-11-19(22)21-13-12-16-4-2-3-5-17(16)14-21/h2-11,20H,12-14H2,1H3/b11-8+. The third-order valence-electron chi connectivity index (χ3n) is 4.07. The van der Waals surface area contributed by atoms with Gasteiger partial charge in [-0.1, -0.05) is 36.4 Å². The molecule has 0 spiro atoms. The molecule has 0 atom stereocenters. The molecular formula is C19H20N2O3S. The van der Waals surface area contributed by atoms with E-state index in [-0.39, 0.29) is 5.91 Å². The second kappa shape index (κ2) is 7.11. The predicted molar refractivity (Wildman–Crippen MR) is 99.5 cm³/mol. The number of nitrogens with zero attached hydrogens (tertiary/aromatic N) is 1. The number of hydrogen-bond acceptors (Lipinski definition) is 3. The zero-order valence-corrected chi connectivity index (χ0v) is 14.8. The average molecular weight is 356 g/mol. The van der Waals surface area contributed by atoms with Crippen LogP contribution in [0.4, 0.5) is 5.69 Å². The van der Waals surface area contributed by atoms with E-state index in [2.05, 4.69) is 16.9 Å². The molecule has 1 amide bonds. The number of anilines is 1. The van der Waals surface area contributed by atoms with Crippen molar-refractivity contribution >= 4 is 27.7 Å². The Balaban J connectivity index is 1.63. The number of nitrogens with one attached hydrogen (secondary N) is 1. The molecule has 1 heterocycles. The Morgan fingerprint density at radius 3 is 2.44 bits per heavy atom. The summed E-state index contributed by atoms with van der Waals surface area (Å²) >= 11 is 0. The highest BCUT2D eigenvalue weighted by atomic mass is 32.2. The van der Waals surface area contributed by atoms with Crippen molar-refractivity contribution in [2.24, 2.45) is 0 Å². The van der Waals surface area contributed by atoms with E-state index in [1.54, 1.807) is 36.4 Å². The molecule has 6 heteroatoms. The lowest BCUT2D eigenvalue weighted by molar-refractivity contribution is -0.126. The third-order valence-corrected chi connectivity index (χ3v) is 4.68. The molecule has 0 aromatic heterocycles. The second-order valence-electron chi connectivity index (χ2n) is 6.11. The van der Waals surface area contributed by atoms with Crippen LogP contribution in [0.15, 0.2) is 54.6 Å². The Labute approximate surface area is 148 Å². The van der Waals surface area contributed by atoms with Gasteiger partial charge < -0.3 is 4.90 Å². The summed E-state index contributed by atoms with van der Waals surface area (Å²) in [5.41, 5.74) is 3.85. The van der Waals surface area contributed by atoms with Crippen molar-refractivity contribution in [3.8, 4) is 0 Å². The molecule has 0 radical (unpaired) electrons. The molecule has 1 N–H and O–H groups in total. The van der Waals surface area contributed by atoms with Crippen LogP contribution in [0.3, 0.4) is 0 Å². The van der Waals surface area contributed by atoms with Gasteiger partial charge in [0.2, 0.25) is 15.9 Å². The van der Waals surface area contributed by atoms with E-state index in [1.165, 1.54) is 11.1 Å². The van der Waals surface area contributed by atoms with E-state index in [4.69, 9.17) is 0 Å². The number of carbonyl (C=O) groups is 1. The maximum Gasteiger partial charge on any atom is 0.246 e. The van der Waals surface area contributed by atoms with Crippen LogP contribution in [-0.2, 0) is 27.8 Å². The van der Waals surface area contributed by atoms with Gasteiger partial charge in [0.25, 0.3) is 0 Å². The van der Waals surface area contributed by atoms with E-state index < -0.39 is 10.0 Å². The molecule has 1 aliphatic heterocycles. The predicted octanol–water partition coefficient (Wildman–Crippen LogP) is 2.66. The average Bonchev–Trinajstić information content (AvgIpc) is 2.59. The van der Waals surface area contributed by atoms with Crippen LogP contribution in [0.25, 0.3) is 6.08 Å². The molecule has 0 fully saturated rings. The van der Waals surface area contributed by atoms with Crippen molar-refractivity contribution in [3.63, 3.8) is 0 Å². The van der Waals surface area contributed by atoms with Crippen LogP contribution >= 0.6 is 0 Å². The summed E-state index contributed by atoms with van der Waals surface area (Å²) in [6, 6.07) is 15.1. The topological polar surface area (TPSA) is 66.5 Å². The third kappa shape index (κ3) is 4.70. The van der Waals surface area contributed by atoms with Crippen LogP contribution < -0.4 is 4.72 Å². The van der Waals surface area contributed by atoms with Gasteiger partial charge >= 0.3 is 0 Å². The Morgan fingerprint density at radius 1 is 1.08 bits per heavy atom. The van der Waals surface area contributed by atoms with Crippen molar-refractivity contribution in [2.75, 3.05) is 17.5 Å². The highest BCUT2D eigenvalue weighted by Crippen LogP contribution is 2.19. The Bertz CT molecular complexity index is 903. The number of amides is 1. The first-order valence-electron chi connectivity index (χ1n) is 8.02. The summed E-state index contributed by atoms with van der Waals surface area (Å²) in [4.78, 5) is 14.2. The largest absolute Gasteiger partial charge is 0.334 e. The number of benzene rings is 2. The van der Waals surface area contributed by atoms with Gasteiger partial charge in [-0.25, -0.2) is 8.42 Å². The quantitative estimate of drug-likeness (QED) is 0.857. The van der Waals surface area contributed by atoms with E-state index >= 15 is 0 Å². The second-order valence-corrected chi connectivity index (χ2v) is 7.86. The first kappa shape index (κ1) is 17.2. The summed E-state index contributed by atoms with van der Waals surface area (Å²) in [5.74, 6) is -0.0205. The lowest BCUT2D eigenvalue weighted by atomic mass is 10.00. The van der Waals surface area contributed by atoms with Gasteiger partial charge in [-0.2, -0.15) is 0 Å². The van der Waals surface area contributed by atoms with Crippen LogP contribution in [0.2, 0.25) is 0 Å². The lowest BCUT2D eigenvalue weighted by Gasteiger charge is -2.27. The van der Waals surface area contributed by atoms with E-state index in [9.17, 15) is 13.2 Å². The molecule has 0 saturated carbocycles. The summed E-state index contributed by atoms with van der Waals surface area (Å²) in [7, 11) is -3.28. The molecule has 25 heavy (non-hydrogen) atoms. The van der Waals surface area contributed by atoms with Crippen LogP contribution in [0.1, 0.15) is 16.7 Å². The molecule has 0 unspecified atom stereocenters. The fourth-order valence-corrected chi connectivity index (χ4v) is 3.40. The van der Waals surface area contributed by atoms with Crippen LogP contribution in [0, 0.1) is 0 Å². The first-order valence-corrected chi connectivity index (χ1v) is 9.91. The maximum atomic E-state index is 12.4. The lowest BCUT2D eigenvalue weighted by Crippen LogP contribution is -2.34. The minimum Gasteiger partial charge on any atom is -0.334 e. The number of sulfonamides is 1. The van der Waals surface area contributed by atoms with Crippen molar-refractivity contribution in [1.29, 1.82) is 0 Å². The van der Waals surface area contributed by atoms with E-state index in [0.717, 1.165) is 24.8 Å². The molecule has 0 bridgehead atoms. The minimum absolute atomic E-state index is 0.0205. The van der Waals surface area contributed by atoms with Crippen molar-refractivity contribution in [2.45, 2.75) is 13.0 Å². The van der Waals surface area contributed by atoms with E-state index in [0.29, 0.717) is 12.2 Å². The summed E-state index contributed by atoms with van der Waals surface area (Å²) in [5, 5.41) is 0. The molecule has 0 aliphatic carbocycles. The Morgan fingerprint density at radius 2 is 1.76 bits per heavy atom. The number of fused-ring (bicyclic) bond motifs is 1. The molecular weight excluding hydrogens is 336 g/mol. The minimum atomic E-state index is -3.28. The van der Waals surface area contributed by atoms with Gasteiger partial charge in [0.05, 0.1) is 6.26 Å².